The van der Waals surface area contributed by atoms with Crippen molar-refractivity contribution in [3.05, 3.63) is 54.6 Å². The average molecular weight is 234 g/mol. The molecule has 0 fully saturated rings. The summed E-state index contributed by atoms with van der Waals surface area (Å²) >= 11 is 0. The van der Waals surface area contributed by atoms with Gasteiger partial charge in [-0.25, -0.2) is 0 Å². The van der Waals surface area contributed by atoms with E-state index in [4.69, 9.17) is 4.74 Å². The second-order valence-corrected chi connectivity index (χ2v) is 3.01. The van der Waals surface area contributed by atoms with Gasteiger partial charge in [0.2, 0.25) is 0 Å². The molecule has 0 aliphatic rings. The first-order valence-electron chi connectivity index (χ1n) is 6.17. The van der Waals surface area contributed by atoms with Gasteiger partial charge in [-0.2, -0.15) is 0 Å². The van der Waals surface area contributed by atoms with Crippen LogP contribution in [0.25, 0.3) is 0 Å². The highest BCUT2D eigenvalue weighted by Gasteiger charge is 1.87. The van der Waals surface area contributed by atoms with Crippen molar-refractivity contribution in [1.82, 2.24) is 0 Å². The fraction of sp³-hybridized carbons (Fsp3) is 0.375. The predicted octanol–water partition coefficient (Wildman–Crippen LogP) is 5.17. The SMILES string of the molecule is C=C/C=C\C.CC.CCOc1ccc(C)cc1. The first-order valence-corrected chi connectivity index (χ1v) is 6.17. The highest BCUT2D eigenvalue weighted by atomic mass is 16.5. The lowest BCUT2D eigenvalue weighted by Gasteiger charge is -2.01. The van der Waals surface area contributed by atoms with Crippen LogP contribution in [0.2, 0.25) is 0 Å². The molecule has 0 atom stereocenters. The number of allylic oxidation sites excluding steroid dienone is 3. The molecule has 1 nitrogen and oxygen atoms in total. The number of hydrogen-bond acceptors (Lipinski definition) is 1. The Bertz CT molecular complexity index is 283. The molecule has 96 valence electrons. The van der Waals surface area contributed by atoms with Gasteiger partial charge in [-0.1, -0.05) is 56.4 Å². The summed E-state index contributed by atoms with van der Waals surface area (Å²) in [5.74, 6) is 0.952. The molecule has 17 heavy (non-hydrogen) atoms. The third-order valence-corrected chi connectivity index (χ3v) is 1.66. The molecule has 0 saturated heterocycles. The maximum absolute atomic E-state index is 5.26. The Balaban J connectivity index is 0. The lowest BCUT2D eigenvalue weighted by atomic mass is 10.2. The Morgan fingerprint density at radius 1 is 1.18 bits per heavy atom. The van der Waals surface area contributed by atoms with Crippen LogP contribution in [-0.4, -0.2) is 6.61 Å². The van der Waals surface area contributed by atoms with Gasteiger partial charge in [0, 0.05) is 0 Å². The van der Waals surface area contributed by atoms with Crippen LogP contribution in [0.1, 0.15) is 33.3 Å². The standard InChI is InChI=1S/C9H12O.C5H8.C2H6/c1-3-10-9-6-4-8(2)5-7-9;1-3-5-4-2;1-2/h4-7H,3H2,1-2H3;3-5H,1H2,2H3;1-2H3/b;5-4-;. The average Bonchev–Trinajstić information content (AvgIpc) is 2.37. The lowest BCUT2D eigenvalue weighted by Crippen LogP contribution is -1.90. The van der Waals surface area contributed by atoms with E-state index in [0.717, 1.165) is 12.4 Å². The van der Waals surface area contributed by atoms with Gasteiger partial charge in [0.1, 0.15) is 5.75 Å². The molecule has 0 spiro atoms. The van der Waals surface area contributed by atoms with Crippen LogP contribution in [0, 0.1) is 6.92 Å². The van der Waals surface area contributed by atoms with Crippen molar-refractivity contribution < 1.29 is 4.74 Å². The minimum atomic E-state index is 0.739. The topological polar surface area (TPSA) is 9.23 Å². The number of hydrogen-bond donors (Lipinski definition) is 0. The maximum atomic E-state index is 5.26. The zero-order valence-corrected chi connectivity index (χ0v) is 11.9. The van der Waals surface area contributed by atoms with Crippen LogP contribution in [0.3, 0.4) is 0 Å². The zero-order chi connectivity index (χ0) is 13.5. The molecule has 0 saturated carbocycles. The normalized spacial score (nSPS) is 8.53. The summed E-state index contributed by atoms with van der Waals surface area (Å²) < 4.78 is 5.26. The molecule has 0 heterocycles. The molecule has 0 aliphatic carbocycles. The van der Waals surface area contributed by atoms with Gasteiger partial charge >= 0.3 is 0 Å². The van der Waals surface area contributed by atoms with Crippen LogP contribution in [-0.2, 0) is 0 Å². The summed E-state index contributed by atoms with van der Waals surface area (Å²) in [6.45, 7) is 14.2. The Morgan fingerprint density at radius 3 is 2.00 bits per heavy atom. The van der Waals surface area contributed by atoms with E-state index in [1.165, 1.54) is 5.56 Å². The number of ether oxygens (including phenoxy) is 1. The first-order chi connectivity index (χ1) is 8.24. The molecular formula is C16H26O. The van der Waals surface area contributed by atoms with E-state index >= 15 is 0 Å². The molecule has 0 radical (unpaired) electrons. The molecule has 0 aromatic heterocycles. The van der Waals surface area contributed by atoms with Crippen LogP contribution in [0.4, 0.5) is 0 Å². The smallest absolute Gasteiger partial charge is 0.119 e. The summed E-state index contributed by atoms with van der Waals surface area (Å²) in [5, 5.41) is 0. The molecule has 0 amide bonds. The van der Waals surface area contributed by atoms with E-state index in [9.17, 15) is 0 Å². The van der Waals surface area contributed by atoms with Crippen molar-refractivity contribution in [3.63, 3.8) is 0 Å². The highest BCUT2D eigenvalue weighted by Crippen LogP contribution is 2.10. The fourth-order valence-electron chi connectivity index (χ4n) is 0.937. The van der Waals surface area contributed by atoms with Gasteiger partial charge in [0.05, 0.1) is 6.61 Å². The van der Waals surface area contributed by atoms with Crippen molar-refractivity contribution >= 4 is 0 Å². The summed E-state index contributed by atoms with van der Waals surface area (Å²) in [6, 6.07) is 8.06. The number of aryl methyl sites for hydroxylation is 1. The van der Waals surface area contributed by atoms with Crippen molar-refractivity contribution in [3.8, 4) is 5.75 Å². The molecule has 0 unspecified atom stereocenters. The van der Waals surface area contributed by atoms with E-state index in [1.807, 2.05) is 64.1 Å². The van der Waals surface area contributed by atoms with Gasteiger partial charge in [0.15, 0.2) is 0 Å². The lowest BCUT2D eigenvalue weighted by molar-refractivity contribution is 0.340. The van der Waals surface area contributed by atoms with Crippen LogP contribution >= 0.6 is 0 Å². The predicted molar refractivity (Wildman–Crippen MR) is 78.7 cm³/mol. The van der Waals surface area contributed by atoms with Crippen LogP contribution in [0.15, 0.2) is 49.1 Å². The Labute approximate surface area is 107 Å². The Hall–Kier alpha value is -1.50. The first kappa shape index (κ1) is 17.9. The zero-order valence-electron chi connectivity index (χ0n) is 11.9. The molecule has 0 N–H and O–H groups in total. The van der Waals surface area contributed by atoms with Crippen LogP contribution < -0.4 is 4.74 Å². The van der Waals surface area contributed by atoms with Crippen molar-refractivity contribution in [2.75, 3.05) is 6.61 Å². The van der Waals surface area contributed by atoms with Crippen LogP contribution in [0.5, 0.6) is 5.75 Å². The van der Waals surface area contributed by atoms with E-state index in [0.29, 0.717) is 0 Å². The third-order valence-electron chi connectivity index (χ3n) is 1.66. The quantitative estimate of drug-likeness (QED) is 0.656. The van der Waals surface area contributed by atoms with E-state index in [2.05, 4.69) is 13.5 Å². The van der Waals surface area contributed by atoms with Gasteiger partial charge in [-0.15, -0.1) is 0 Å². The maximum Gasteiger partial charge on any atom is 0.119 e. The molecule has 1 aromatic rings. The van der Waals surface area contributed by atoms with Crippen molar-refractivity contribution in [2.45, 2.75) is 34.6 Å². The van der Waals surface area contributed by atoms with Crippen molar-refractivity contribution in [2.24, 2.45) is 0 Å². The second kappa shape index (κ2) is 14.5. The van der Waals surface area contributed by atoms with Gasteiger partial charge < -0.3 is 4.74 Å². The third kappa shape index (κ3) is 12.4. The minimum Gasteiger partial charge on any atom is -0.494 e. The monoisotopic (exact) mass is 234 g/mol. The fourth-order valence-corrected chi connectivity index (χ4v) is 0.937. The molecular weight excluding hydrogens is 208 g/mol. The molecule has 1 aromatic carbocycles. The molecule has 0 aliphatic heterocycles. The van der Waals surface area contributed by atoms with E-state index in [-0.39, 0.29) is 0 Å². The second-order valence-electron chi connectivity index (χ2n) is 3.01. The number of benzene rings is 1. The minimum absolute atomic E-state index is 0.739. The highest BCUT2D eigenvalue weighted by molar-refractivity contribution is 5.26. The summed E-state index contributed by atoms with van der Waals surface area (Å²) in [4.78, 5) is 0. The Morgan fingerprint density at radius 2 is 1.71 bits per heavy atom. The van der Waals surface area contributed by atoms with Gasteiger partial charge in [-0.05, 0) is 32.9 Å². The van der Waals surface area contributed by atoms with Crippen molar-refractivity contribution in [1.29, 1.82) is 0 Å². The van der Waals surface area contributed by atoms with E-state index in [1.54, 1.807) is 6.08 Å². The van der Waals surface area contributed by atoms with Gasteiger partial charge in [-0.3, -0.25) is 0 Å². The largest absolute Gasteiger partial charge is 0.494 e. The Kier molecular flexibility index (Phi) is 15.3. The molecule has 1 heteroatoms. The van der Waals surface area contributed by atoms with Gasteiger partial charge in [0.25, 0.3) is 0 Å². The van der Waals surface area contributed by atoms with E-state index < -0.39 is 0 Å². The molecule has 1 rings (SSSR count). The number of rotatable bonds is 3. The molecule has 0 bridgehead atoms. The summed E-state index contributed by atoms with van der Waals surface area (Å²) in [7, 11) is 0. The summed E-state index contributed by atoms with van der Waals surface area (Å²) in [6.07, 6.45) is 5.58. The summed E-state index contributed by atoms with van der Waals surface area (Å²) in [5.41, 5.74) is 1.27.